The lowest BCUT2D eigenvalue weighted by Gasteiger charge is -2.40. The van der Waals surface area contributed by atoms with Gasteiger partial charge in [0.1, 0.15) is 5.82 Å². The summed E-state index contributed by atoms with van der Waals surface area (Å²) in [7, 11) is 2.31. The van der Waals surface area contributed by atoms with Crippen LogP contribution in [0, 0.1) is 5.92 Å². The second-order valence-electron chi connectivity index (χ2n) is 6.74. The first-order chi connectivity index (χ1) is 10.2. The fraction of sp³-hybridized carbons (Fsp3) is 0.706. The zero-order chi connectivity index (χ0) is 14.8. The molecule has 21 heavy (non-hydrogen) atoms. The molecule has 0 radical (unpaired) electrons. The number of rotatable bonds is 5. The maximum atomic E-state index is 5.82. The van der Waals surface area contributed by atoms with Gasteiger partial charge in [-0.3, -0.25) is 0 Å². The molecule has 116 valence electrons. The highest BCUT2D eigenvalue weighted by molar-refractivity contribution is 5.32. The van der Waals surface area contributed by atoms with Crippen molar-refractivity contribution in [1.29, 1.82) is 0 Å². The number of piperidine rings is 1. The van der Waals surface area contributed by atoms with E-state index in [9.17, 15) is 0 Å². The summed E-state index contributed by atoms with van der Waals surface area (Å²) in [4.78, 5) is 6.72. The molecule has 3 N–H and O–H groups in total. The Kier molecular flexibility index (Phi) is 4.45. The van der Waals surface area contributed by atoms with Gasteiger partial charge < -0.3 is 16.0 Å². The van der Waals surface area contributed by atoms with Crippen molar-refractivity contribution in [3.05, 3.63) is 23.9 Å². The Balaban J connectivity index is 1.70. The van der Waals surface area contributed by atoms with Crippen LogP contribution < -0.4 is 11.1 Å². The molecule has 1 aromatic heterocycles. The van der Waals surface area contributed by atoms with Crippen LogP contribution in [0.1, 0.15) is 38.2 Å². The maximum absolute atomic E-state index is 5.82. The molecule has 2 bridgehead atoms. The van der Waals surface area contributed by atoms with Crippen LogP contribution >= 0.6 is 0 Å². The van der Waals surface area contributed by atoms with E-state index in [1.807, 2.05) is 12.3 Å². The number of nitrogens with zero attached hydrogens (tertiary/aromatic N) is 2. The largest absolute Gasteiger partial charge is 0.384 e. The Labute approximate surface area is 128 Å². The molecule has 0 amide bonds. The van der Waals surface area contributed by atoms with E-state index in [0.29, 0.717) is 11.9 Å². The van der Waals surface area contributed by atoms with Crippen LogP contribution in [-0.2, 0) is 6.42 Å². The smallest absolute Gasteiger partial charge is 0.123 e. The topological polar surface area (TPSA) is 54.2 Å². The molecule has 0 aliphatic carbocycles. The Morgan fingerprint density at radius 2 is 2.10 bits per heavy atom. The van der Waals surface area contributed by atoms with Gasteiger partial charge in [0.25, 0.3) is 0 Å². The number of anilines is 1. The summed E-state index contributed by atoms with van der Waals surface area (Å²) in [5, 5.41) is 3.72. The molecule has 3 atom stereocenters. The van der Waals surface area contributed by atoms with Crippen molar-refractivity contribution in [1.82, 2.24) is 15.2 Å². The molecule has 3 heterocycles. The zero-order valence-electron chi connectivity index (χ0n) is 13.3. The third-order valence-corrected chi connectivity index (χ3v) is 5.47. The average Bonchev–Trinajstić information content (AvgIpc) is 2.69. The first kappa shape index (κ1) is 14.8. The lowest BCUT2D eigenvalue weighted by Crippen LogP contribution is -2.47. The minimum absolute atomic E-state index is 0.564. The minimum Gasteiger partial charge on any atom is -0.384 e. The van der Waals surface area contributed by atoms with Crippen LogP contribution in [0.2, 0.25) is 0 Å². The third-order valence-electron chi connectivity index (χ3n) is 5.47. The fourth-order valence-electron chi connectivity index (χ4n) is 4.33. The Morgan fingerprint density at radius 3 is 2.71 bits per heavy atom. The van der Waals surface area contributed by atoms with Crippen LogP contribution in [0.5, 0.6) is 0 Å². The average molecular weight is 288 g/mol. The van der Waals surface area contributed by atoms with Crippen LogP contribution in [0.4, 0.5) is 5.82 Å². The monoisotopic (exact) mass is 288 g/mol. The summed E-state index contributed by atoms with van der Waals surface area (Å²) in [6.07, 6.45) is 8.34. The molecule has 0 spiro atoms. The van der Waals surface area contributed by atoms with Gasteiger partial charge in [-0.25, -0.2) is 4.98 Å². The van der Waals surface area contributed by atoms with Crippen molar-refractivity contribution in [3.63, 3.8) is 0 Å². The van der Waals surface area contributed by atoms with E-state index in [0.717, 1.165) is 31.0 Å². The summed E-state index contributed by atoms with van der Waals surface area (Å²) >= 11 is 0. The SMILES string of the molecule is CCNC(Cc1ccnc(N)c1)C1CC2CCC(C1)N2C. The highest BCUT2D eigenvalue weighted by Gasteiger charge is 2.40. The first-order valence-corrected chi connectivity index (χ1v) is 8.33. The summed E-state index contributed by atoms with van der Waals surface area (Å²) < 4.78 is 0. The molecule has 0 saturated carbocycles. The van der Waals surface area contributed by atoms with E-state index in [-0.39, 0.29) is 0 Å². The molecule has 2 fully saturated rings. The van der Waals surface area contributed by atoms with Crippen LogP contribution in [0.3, 0.4) is 0 Å². The van der Waals surface area contributed by atoms with Gasteiger partial charge in [0, 0.05) is 24.3 Å². The van der Waals surface area contributed by atoms with E-state index in [2.05, 4.69) is 35.2 Å². The highest BCUT2D eigenvalue weighted by atomic mass is 15.2. The van der Waals surface area contributed by atoms with E-state index in [1.165, 1.54) is 31.2 Å². The summed E-state index contributed by atoms with van der Waals surface area (Å²) in [5.41, 5.74) is 7.13. The Bertz CT molecular complexity index is 462. The quantitative estimate of drug-likeness (QED) is 0.871. The van der Waals surface area contributed by atoms with Gasteiger partial charge in [0.05, 0.1) is 0 Å². The van der Waals surface area contributed by atoms with E-state index >= 15 is 0 Å². The van der Waals surface area contributed by atoms with Crippen LogP contribution in [0.15, 0.2) is 18.3 Å². The number of pyridine rings is 1. The predicted molar refractivity (Wildman–Crippen MR) is 87.1 cm³/mol. The van der Waals surface area contributed by atoms with Crippen molar-refractivity contribution in [2.45, 2.75) is 57.2 Å². The highest BCUT2D eigenvalue weighted by Crippen LogP contribution is 2.39. The lowest BCUT2D eigenvalue weighted by atomic mass is 9.82. The van der Waals surface area contributed by atoms with Gasteiger partial charge in [-0.1, -0.05) is 6.92 Å². The third kappa shape index (κ3) is 3.22. The summed E-state index contributed by atoms with van der Waals surface area (Å²) in [5.74, 6) is 1.42. The number of aromatic nitrogens is 1. The molecule has 3 unspecified atom stereocenters. The molecule has 4 nitrogen and oxygen atoms in total. The van der Waals surface area contributed by atoms with Gasteiger partial charge in [0.15, 0.2) is 0 Å². The zero-order valence-corrected chi connectivity index (χ0v) is 13.3. The number of nitrogens with one attached hydrogen (secondary N) is 1. The van der Waals surface area contributed by atoms with Crippen molar-refractivity contribution < 1.29 is 0 Å². The predicted octanol–water partition coefficient (Wildman–Crippen LogP) is 2.06. The molecular weight excluding hydrogens is 260 g/mol. The van der Waals surface area contributed by atoms with Crippen molar-refractivity contribution in [2.75, 3.05) is 19.3 Å². The fourth-order valence-corrected chi connectivity index (χ4v) is 4.33. The van der Waals surface area contributed by atoms with Gasteiger partial charge in [0.2, 0.25) is 0 Å². The molecule has 4 heteroatoms. The van der Waals surface area contributed by atoms with Gasteiger partial charge in [-0.2, -0.15) is 0 Å². The van der Waals surface area contributed by atoms with Gasteiger partial charge >= 0.3 is 0 Å². The van der Waals surface area contributed by atoms with Crippen molar-refractivity contribution in [3.8, 4) is 0 Å². The molecule has 2 saturated heterocycles. The normalized spacial score (nSPS) is 30.5. The minimum atomic E-state index is 0.564. The molecular formula is C17H28N4. The van der Waals surface area contributed by atoms with Crippen molar-refractivity contribution >= 4 is 5.82 Å². The van der Waals surface area contributed by atoms with E-state index in [1.54, 1.807) is 0 Å². The maximum Gasteiger partial charge on any atom is 0.123 e. The number of likely N-dealkylation sites (N-methyl/N-ethyl adjacent to an activating group) is 1. The number of fused-ring (bicyclic) bond motifs is 2. The van der Waals surface area contributed by atoms with Gasteiger partial charge in [-0.05, 0) is 69.3 Å². The number of hydrogen-bond acceptors (Lipinski definition) is 4. The lowest BCUT2D eigenvalue weighted by molar-refractivity contribution is 0.112. The number of nitrogens with two attached hydrogens (primary N) is 1. The number of nitrogen functional groups attached to an aromatic ring is 1. The Hall–Kier alpha value is -1.13. The summed E-state index contributed by atoms with van der Waals surface area (Å²) in [6.45, 7) is 3.24. The second-order valence-corrected chi connectivity index (χ2v) is 6.74. The standard InChI is InChI=1S/C17H28N4/c1-3-19-16(8-12-6-7-20-17(18)9-12)13-10-14-4-5-15(11-13)21(14)2/h6-7,9,13-16,19H,3-5,8,10-11H2,1-2H3,(H2,18,20). The van der Waals surface area contributed by atoms with Crippen molar-refractivity contribution in [2.24, 2.45) is 5.92 Å². The Morgan fingerprint density at radius 1 is 1.38 bits per heavy atom. The molecule has 3 rings (SSSR count). The number of hydrogen-bond donors (Lipinski definition) is 2. The first-order valence-electron chi connectivity index (χ1n) is 8.33. The molecule has 1 aromatic rings. The molecule has 0 aromatic carbocycles. The van der Waals surface area contributed by atoms with Crippen LogP contribution in [0.25, 0.3) is 0 Å². The van der Waals surface area contributed by atoms with E-state index in [4.69, 9.17) is 5.73 Å². The second kappa shape index (κ2) is 6.32. The molecule has 2 aliphatic rings. The van der Waals surface area contributed by atoms with E-state index < -0.39 is 0 Å². The van der Waals surface area contributed by atoms with Crippen LogP contribution in [-0.4, -0.2) is 41.6 Å². The van der Waals surface area contributed by atoms with Gasteiger partial charge in [-0.15, -0.1) is 0 Å². The summed E-state index contributed by atoms with van der Waals surface area (Å²) in [6, 6.07) is 6.29. The molecule has 2 aliphatic heterocycles.